The molecule has 0 aliphatic carbocycles. The summed E-state index contributed by atoms with van der Waals surface area (Å²) >= 11 is 0. The van der Waals surface area contributed by atoms with Crippen molar-refractivity contribution in [3.63, 3.8) is 0 Å². The molecule has 0 spiro atoms. The van der Waals surface area contributed by atoms with Crippen LogP contribution in [0.1, 0.15) is 5.56 Å². The third-order valence-electron chi connectivity index (χ3n) is 3.23. The molecule has 0 aliphatic heterocycles. The summed E-state index contributed by atoms with van der Waals surface area (Å²) in [7, 11) is 7.34. The van der Waals surface area contributed by atoms with Crippen LogP contribution in [0.3, 0.4) is 0 Å². The molecular weight excluding hydrogens is 268 g/mol. The number of hydrogen-bond donors (Lipinski definition) is 2. The van der Waals surface area contributed by atoms with Crippen LogP contribution in [0.25, 0.3) is 0 Å². The first kappa shape index (κ1) is 17.0. The van der Waals surface area contributed by atoms with Gasteiger partial charge >= 0.3 is 0 Å². The van der Waals surface area contributed by atoms with Gasteiger partial charge in [0, 0.05) is 40.4 Å². The summed E-state index contributed by atoms with van der Waals surface area (Å²) < 4.78 is 0. The van der Waals surface area contributed by atoms with Crippen molar-refractivity contribution in [2.24, 2.45) is 0 Å². The predicted molar refractivity (Wildman–Crippen MR) is 83.0 cm³/mol. The highest BCUT2D eigenvalue weighted by molar-refractivity contribution is 5.78. The van der Waals surface area contributed by atoms with Gasteiger partial charge in [0.1, 0.15) is 0 Å². The number of carbonyl (C=O) groups excluding carboxylic acids is 2. The smallest absolute Gasteiger partial charge is 0.277 e. The summed E-state index contributed by atoms with van der Waals surface area (Å²) in [5.41, 5.74) is 2.22. The van der Waals surface area contributed by atoms with Crippen molar-refractivity contribution < 1.29 is 14.9 Å². The first-order valence-electron chi connectivity index (χ1n) is 6.96. The zero-order valence-electron chi connectivity index (χ0n) is 13.2. The lowest BCUT2D eigenvalue weighted by Gasteiger charge is -2.17. The predicted octanol–water partition coefficient (Wildman–Crippen LogP) is -0.980. The van der Waals surface area contributed by atoms with Gasteiger partial charge in [-0.25, -0.2) is 0 Å². The molecule has 1 aromatic rings. The summed E-state index contributed by atoms with van der Waals surface area (Å²) in [4.78, 5) is 26.7. The van der Waals surface area contributed by atoms with Gasteiger partial charge in [-0.15, -0.1) is 0 Å². The van der Waals surface area contributed by atoms with Gasteiger partial charge in [0.15, 0.2) is 13.1 Å². The standard InChI is InChI=1S/C15H24N4O2/c1-16-14(20)9-17-10-15(21)19(4)11-12-5-7-13(8-6-12)18(2)3/h5-8,17H,9-11H2,1-4H3,(H,16,20)/p+1. The SMILES string of the molecule is CNC(=O)C[NH2+]CC(=O)N(C)Cc1ccc(N(C)C)cc1. The van der Waals surface area contributed by atoms with Crippen molar-refractivity contribution in [1.82, 2.24) is 10.2 Å². The Bertz CT molecular complexity index is 471. The Balaban J connectivity index is 2.42. The van der Waals surface area contributed by atoms with Gasteiger partial charge in [-0.1, -0.05) is 12.1 Å². The molecule has 0 aromatic heterocycles. The lowest BCUT2D eigenvalue weighted by molar-refractivity contribution is -0.633. The molecule has 21 heavy (non-hydrogen) atoms. The van der Waals surface area contributed by atoms with E-state index in [-0.39, 0.29) is 24.9 Å². The van der Waals surface area contributed by atoms with Crippen LogP contribution in [-0.2, 0) is 16.1 Å². The number of rotatable bonds is 7. The van der Waals surface area contributed by atoms with E-state index in [1.165, 1.54) is 0 Å². The first-order chi connectivity index (χ1) is 9.93. The van der Waals surface area contributed by atoms with Crippen molar-refractivity contribution in [3.8, 4) is 0 Å². The first-order valence-corrected chi connectivity index (χ1v) is 6.96. The van der Waals surface area contributed by atoms with Gasteiger partial charge in [0.25, 0.3) is 11.8 Å². The molecule has 1 aromatic carbocycles. The molecule has 0 saturated carbocycles. The second-order valence-corrected chi connectivity index (χ2v) is 5.18. The van der Waals surface area contributed by atoms with E-state index in [0.29, 0.717) is 6.54 Å². The maximum absolute atomic E-state index is 11.9. The van der Waals surface area contributed by atoms with Crippen molar-refractivity contribution in [2.75, 3.05) is 46.2 Å². The zero-order valence-corrected chi connectivity index (χ0v) is 13.2. The van der Waals surface area contributed by atoms with Gasteiger partial charge in [0.2, 0.25) is 0 Å². The monoisotopic (exact) mass is 293 g/mol. The molecule has 6 nitrogen and oxygen atoms in total. The van der Waals surface area contributed by atoms with E-state index in [4.69, 9.17) is 0 Å². The summed E-state index contributed by atoms with van der Waals surface area (Å²) in [6, 6.07) is 8.11. The number of likely N-dealkylation sites (N-methyl/N-ethyl adjacent to an activating group) is 2. The number of nitrogens with zero attached hydrogens (tertiary/aromatic N) is 2. The molecule has 0 radical (unpaired) electrons. The second-order valence-electron chi connectivity index (χ2n) is 5.18. The molecule has 116 valence electrons. The Kier molecular flexibility index (Phi) is 6.68. The average molecular weight is 293 g/mol. The number of anilines is 1. The number of nitrogens with one attached hydrogen (secondary N) is 1. The van der Waals surface area contributed by atoms with Gasteiger partial charge in [-0.2, -0.15) is 0 Å². The maximum Gasteiger partial charge on any atom is 0.277 e. The fourth-order valence-corrected chi connectivity index (χ4v) is 1.85. The Hall–Kier alpha value is -2.08. The molecule has 2 amide bonds. The van der Waals surface area contributed by atoms with Crippen molar-refractivity contribution in [3.05, 3.63) is 29.8 Å². The fourth-order valence-electron chi connectivity index (χ4n) is 1.85. The van der Waals surface area contributed by atoms with Crippen LogP contribution >= 0.6 is 0 Å². The number of nitrogens with two attached hydrogens (primary N) is 1. The lowest BCUT2D eigenvalue weighted by atomic mass is 10.2. The summed E-state index contributed by atoms with van der Waals surface area (Å²) in [5.74, 6) is -0.0692. The fraction of sp³-hybridized carbons (Fsp3) is 0.467. The second kappa shape index (κ2) is 8.26. The van der Waals surface area contributed by atoms with Crippen LogP contribution in [0.4, 0.5) is 5.69 Å². The van der Waals surface area contributed by atoms with Gasteiger partial charge < -0.3 is 20.4 Å². The summed E-state index contributed by atoms with van der Waals surface area (Å²) in [6.07, 6.45) is 0. The Morgan fingerprint density at radius 3 is 2.24 bits per heavy atom. The maximum atomic E-state index is 11.9. The molecule has 0 bridgehead atoms. The Morgan fingerprint density at radius 2 is 1.71 bits per heavy atom. The minimum absolute atomic E-state index is 0.00980. The Labute approximate surface area is 126 Å². The molecule has 0 heterocycles. The molecule has 0 unspecified atom stereocenters. The number of hydrogen-bond acceptors (Lipinski definition) is 3. The van der Waals surface area contributed by atoms with Gasteiger partial charge in [0.05, 0.1) is 0 Å². The zero-order chi connectivity index (χ0) is 15.8. The highest BCUT2D eigenvalue weighted by atomic mass is 16.2. The molecule has 0 saturated heterocycles. The highest BCUT2D eigenvalue weighted by Crippen LogP contribution is 2.13. The van der Waals surface area contributed by atoms with Crippen LogP contribution in [-0.4, -0.2) is 58.0 Å². The van der Waals surface area contributed by atoms with Gasteiger partial charge in [-0.05, 0) is 17.7 Å². The van der Waals surface area contributed by atoms with Crippen LogP contribution in [0.15, 0.2) is 24.3 Å². The highest BCUT2D eigenvalue weighted by Gasteiger charge is 2.12. The van der Waals surface area contributed by atoms with Crippen molar-refractivity contribution >= 4 is 17.5 Å². The minimum atomic E-state index is -0.0790. The largest absolute Gasteiger partial charge is 0.378 e. The van der Waals surface area contributed by atoms with E-state index >= 15 is 0 Å². The van der Waals surface area contributed by atoms with E-state index in [1.807, 2.05) is 43.3 Å². The Morgan fingerprint density at radius 1 is 1.10 bits per heavy atom. The molecular formula is C15H25N4O2+. The normalized spacial score (nSPS) is 10.1. The topological polar surface area (TPSA) is 69.3 Å². The molecule has 3 N–H and O–H groups in total. The third-order valence-corrected chi connectivity index (χ3v) is 3.23. The minimum Gasteiger partial charge on any atom is -0.378 e. The summed E-state index contributed by atoms with van der Waals surface area (Å²) in [6.45, 7) is 1.12. The lowest BCUT2D eigenvalue weighted by Crippen LogP contribution is -2.88. The molecule has 1 rings (SSSR count). The molecule has 0 atom stereocenters. The molecule has 0 aliphatic rings. The third kappa shape index (κ3) is 5.83. The molecule has 0 fully saturated rings. The number of quaternary nitrogens is 1. The average Bonchev–Trinajstić information content (AvgIpc) is 2.47. The van der Waals surface area contributed by atoms with Crippen LogP contribution in [0, 0.1) is 0 Å². The number of carbonyl (C=O) groups is 2. The number of benzene rings is 1. The van der Waals surface area contributed by atoms with E-state index in [1.54, 1.807) is 24.3 Å². The van der Waals surface area contributed by atoms with Crippen molar-refractivity contribution in [2.45, 2.75) is 6.54 Å². The van der Waals surface area contributed by atoms with Gasteiger partial charge in [-0.3, -0.25) is 9.59 Å². The van der Waals surface area contributed by atoms with Crippen LogP contribution in [0.5, 0.6) is 0 Å². The van der Waals surface area contributed by atoms with E-state index < -0.39 is 0 Å². The summed E-state index contributed by atoms with van der Waals surface area (Å²) in [5, 5.41) is 4.22. The van der Waals surface area contributed by atoms with E-state index in [9.17, 15) is 9.59 Å². The van der Waals surface area contributed by atoms with E-state index in [0.717, 1.165) is 11.3 Å². The quantitative estimate of drug-likeness (QED) is 0.679. The van der Waals surface area contributed by atoms with Crippen LogP contribution < -0.4 is 15.5 Å². The number of amides is 2. The van der Waals surface area contributed by atoms with Crippen molar-refractivity contribution in [1.29, 1.82) is 0 Å². The van der Waals surface area contributed by atoms with E-state index in [2.05, 4.69) is 5.32 Å². The van der Waals surface area contributed by atoms with Crippen LogP contribution in [0.2, 0.25) is 0 Å². The molecule has 6 heteroatoms.